The van der Waals surface area contributed by atoms with E-state index in [1.807, 2.05) is 29.2 Å². The molecular weight excluding hydrogens is 256 g/mol. The molecule has 0 aromatic heterocycles. The number of nitrogens with two attached hydrogens (primary N) is 1. The maximum absolute atomic E-state index is 12.2. The molecule has 110 valence electrons. The first-order valence-electron chi connectivity index (χ1n) is 7.04. The van der Waals surface area contributed by atoms with Gasteiger partial charge in [-0.2, -0.15) is 0 Å². The maximum Gasteiger partial charge on any atom is 0.227 e. The molecule has 1 amide bonds. The smallest absolute Gasteiger partial charge is 0.227 e. The fourth-order valence-electron chi connectivity index (χ4n) is 2.46. The molecule has 0 unspecified atom stereocenters. The highest BCUT2D eigenvalue weighted by Crippen LogP contribution is 2.17. The zero-order chi connectivity index (χ0) is 14.4. The Labute approximate surface area is 119 Å². The molecule has 0 radical (unpaired) electrons. The van der Waals surface area contributed by atoms with Crippen LogP contribution < -0.4 is 5.73 Å². The molecule has 1 aliphatic heterocycles. The van der Waals surface area contributed by atoms with Gasteiger partial charge in [-0.3, -0.25) is 4.79 Å². The van der Waals surface area contributed by atoms with Crippen LogP contribution in [0.3, 0.4) is 0 Å². The third-order valence-electron chi connectivity index (χ3n) is 3.64. The van der Waals surface area contributed by atoms with Crippen molar-refractivity contribution in [1.29, 1.82) is 0 Å². The number of aliphatic hydroxyl groups excluding tert-OH is 1. The Balaban J connectivity index is 1.82. The van der Waals surface area contributed by atoms with E-state index >= 15 is 0 Å². The van der Waals surface area contributed by atoms with Gasteiger partial charge in [0, 0.05) is 18.8 Å². The minimum atomic E-state index is 0.0480. The standard InChI is InChI=1S/C15H22N2O3/c16-14-4-2-1-3-12(14)11-15(19)17-7-5-13(6-8-17)20-10-9-18/h1-4,13,18H,5-11,16H2. The first-order valence-corrected chi connectivity index (χ1v) is 7.04. The lowest BCUT2D eigenvalue weighted by molar-refractivity contribution is -0.133. The van der Waals surface area contributed by atoms with Crippen LogP contribution in [0.2, 0.25) is 0 Å². The number of ether oxygens (including phenoxy) is 1. The number of nitrogen functional groups attached to an aromatic ring is 1. The summed E-state index contributed by atoms with van der Waals surface area (Å²) in [5, 5.41) is 8.73. The van der Waals surface area contributed by atoms with Gasteiger partial charge in [0.1, 0.15) is 0 Å². The summed E-state index contributed by atoms with van der Waals surface area (Å²) in [5.41, 5.74) is 7.41. The molecule has 1 aliphatic rings. The number of rotatable bonds is 5. The van der Waals surface area contributed by atoms with Crippen molar-refractivity contribution >= 4 is 11.6 Å². The van der Waals surface area contributed by atoms with Gasteiger partial charge in [-0.25, -0.2) is 0 Å². The molecule has 0 saturated carbocycles. The quantitative estimate of drug-likeness (QED) is 0.782. The summed E-state index contributed by atoms with van der Waals surface area (Å²) in [6.45, 7) is 1.84. The minimum Gasteiger partial charge on any atom is -0.398 e. The molecule has 3 N–H and O–H groups in total. The molecule has 0 aliphatic carbocycles. The summed E-state index contributed by atoms with van der Waals surface area (Å²) in [4.78, 5) is 14.1. The Morgan fingerprint density at radius 3 is 2.70 bits per heavy atom. The van der Waals surface area contributed by atoms with Crippen LogP contribution in [0.15, 0.2) is 24.3 Å². The van der Waals surface area contributed by atoms with Gasteiger partial charge in [-0.15, -0.1) is 0 Å². The van der Waals surface area contributed by atoms with Crippen LogP contribution in [0.1, 0.15) is 18.4 Å². The molecule has 1 aromatic carbocycles. The van der Waals surface area contributed by atoms with Crippen LogP contribution in [0.5, 0.6) is 0 Å². The van der Waals surface area contributed by atoms with E-state index in [1.165, 1.54) is 0 Å². The predicted molar refractivity (Wildman–Crippen MR) is 77.2 cm³/mol. The summed E-state index contributed by atoms with van der Waals surface area (Å²) in [6, 6.07) is 7.48. The molecule has 20 heavy (non-hydrogen) atoms. The summed E-state index contributed by atoms with van der Waals surface area (Å²) in [6.07, 6.45) is 2.17. The second-order valence-corrected chi connectivity index (χ2v) is 5.05. The molecule has 0 bridgehead atoms. The summed E-state index contributed by atoms with van der Waals surface area (Å²) in [7, 11) is 0. The fraction of sp³-hybridized carbons (Fsp3) is 0.533. The normalized spacial score (nSPS) is 16.4. The Bertz CT molecular complexity index is 442. The highest BCUT2D eigenvalue weighted by atomic mass is 16.5. The van der Waals surface area contributed by atoms with Crippen molar-refractivity contribution in [3.8, 4) is 0 Å². The van der Waals surface area contributed by atoms with Crippen molar-refractivity contribution in [2.24, 2.45) is 0 Å². The average molecular weight is 278 g/mol. The summed E-state index contributed by atoms with van der Waals surface area (Å²) < 4.78 is 5.49. The maximum atomic E-state index is 12.2. The molecule has 1 saturated heterocycles. The van der Waals surface area contributed by atoms with Gasteiger partial charge in [-0.1, -0.05) is 18.2 Å². The molecule has 0 atom stereocenters. The van der Waals surface area contributed by atoms with Crippen molar-refractivity contribution in [3.63, 3.8) is 0 Å². The van der Waals surface area contributed by atoms with Crippen LogP contribution in [-0.4, -0.2) is 48.3 Å². The van der Waals surface area contributed by atoms with Crippen molar-refractivity contribution in [2.75, 3.05) is 32.0 Å². The number of aliphatic hydroxyl groups is 1. The van der Waals surface area contributed by atoms with E-state index in [9.17, 15) is 4.79 Å². The van der Waals surface area contributed by atoms with Crippen molar-refractivity contribution in [1.82, 2.24) is 4.90 Å². The van der Waals surface area contributed by atoms with Crippen molar-refractivity contribution in [2.45, 2.75) is 25.4 Å². The van der Waals surface area contributed by atoms with Gasteiger partial charge in [0.05, 0.1) is 25.7 Å². The van der Waals surface area contributed by atoms with Crippen LogP contribution in [0.4, 0.5) is 5.69 Å². The number of benzene rings is 1. The number of nitrogens with zero attached hydrogens (tertiary/aromatic N) is 1. The SMILES string of the molecule is Nc1ccccc1CC(=O)N1CCC(OCCO)CC1. The molecular formula is C15H22N2O3. The molecule has 1 aromatic rings. The Morgan fingerprint density at radius 2 is 2.05 bits per heavy atom. The van der Waals surface area contributed by atoms with Crippen LogP contribution in [0, 0.1) is 0 Å². The van der Waals surface area contributed by atoms with Crippen LogP contribution >= 0.6 is 0 Å². The number of piperidine rings is 1. The number of likely N-dealkylation sites (tertiary alicyclic amines) is 1. The molecule has 5 heteroatoms. The summed E-state index contributed by atoms with van der Waals surface area (Å²) >= 11 is 0. The number of amides is 1. The Hall–Kier alpha value is -1.59. The minimum absolute atomic E-state index is 0.0480. The largest absolute Gasteiger partial charge is 0.398 e. The van der Waals surface area contributed by atoms with Crippen LogP contribution in [-0.2, 0) is 16.0 Å². The van der Waals surface area contributed by atoms with Gasteiger partial charge in [0.15, 0.2) is 0 Å². The average Bonchev–Trinajstić information content (AvgIpc) is 2.48. The molecule has 1 fully saturated rings. The topological polar surface area (TPSA) is 75.8 Å². The number of anilines is 1. The number of carbonyl (C=O) groups excluding carboxylic acids is 1. The molecule has 0 spiro atoms. The zero-order valence-corrected chi connectivity index (χ0v) is 11.6. The van der Waals surface area contributed by atoms with Crippen molar-refractivity contribution in [3.05, 3.63) is 29.8 Å². The summed E-state index contributed by atoms with van der Waals surface area (Å²) in [5.74, 6) is 0.114. The van der Waals surface area contributed by atoms with Gasteiger partial charge >= 0.3 is 0 Å². The number of carbonyl (C=O) groups is 1. The Kier molecular flexibility index (Phi) is 5.38. The first-order chi connectivity index (χ1) is 9.70. The lowest BCUT2D eigenvalue weighted by Crippen LogP contribution is -2.41. The van der Waals surface area contributed by atoms with E-state index in [-0.39, 0.29) is 18.6 Å². The van der Waals surface area contributed by atoms with Gasteiger partial charge in [-0.05, 0) is 24.5 Å². The molecule has 1 heterocycles. The number of para-hydroxylation sites is 1. The predicted octanol–water partition coefficient (Wildman–Crippen LogP) is 0.811. The molecule has 5 nitrogen and oxygen atoms in total. The third kappa shape index (κ3) is 3.95. The third-order valence-corrected chi connectivity index (χ3v) is 3.64. The second kappa shape index (κ2) is 7.26. The highest BCUT2D eigenvalue weighted by Gasteiger charge is 2.23. The van der Waals surface area contributed by atoms with E-state index < -0.39 is 0 Å². The van der Waals surface area contributed by atoms with Crippen molar-refractivity contribution < 1.29 is 14.6 Å². The number of hydrogen-bond acceptors (Lipinski definition) is 4. The van der Waals surface area contributed by atoms with E-state index in [1.54, 1.807) is 0 Å². The lowest BCUT2D eigenvalue weighted by atomic mass is 10.1. The highest BCUT2D eigenvalue weighted by molar-refractivity contribution is 5.80. The monoisotopic (exact) mass is 278 g/mol. The first kappa shape index (κ1) is 14.8. The second-order valence-electron chi connectivity index (χ2n) is 5.05. The van der Waals surface area contributed by atoms with Gasteiger partial charge < -0.3 is 20.5 Å². The van der Waals surface area contributed by atoms with E-state index in [2.05, 4.69) is 0 Å². The van der Waals surface area contributed by atoms with E-state index in [0.29, 0.717) is 31.8 Å². The van der Waals surface area contributed by atoms with Gasteiger partial charge in [0.25, 0.3) is 0 Å². The van der Waals surface area contributed by atoms with Crippen LogP contribution in [0.25, 0.3) is 0 Å². The van der Waals surface area contributed by atoms with E-state index in [0.717, 1.165) is 18.4 Å². The number of hydrogen-bond donors (Lipinski definition) is 2. The fourth-order valence-corrected chi connectivity index (χ4v) is 2.46. The lowest BCUT2D eigenvalue weighted by Gasteiger charge is -2.32. The van der Waals surface area contributed by atoms with E-state index in [4.69, 9.17) is 15.6 Å². The van der Waals surface area contributed by atoms with Gasteiger partial charge in [0.2, 0.25) is 5.91 Å². The molecule has 2 rings (SSSR count). The zero-order valence-electron chi connectivity index (χ0n) is 11.6. The Morgan fingerprint density at radius 1 is 1.35 bits per heavy atom.